The summed E-state index contributed by atoms with van der Waals surface area (Å²) in [6, 6.07) is 20.4. The lowest BCUT2D eigenvalue weighted by Crippen LogP contribution is -2.23. The van der Waals surface area contributed by atoms with E-state index in [1.165, 1.54) is 23.1 Å². The third kappa shape index (κ3) is 5.27. The van der Waals surface area contributed by atoms with Crippen molar-refractivity contribution in [2.45, 2.75) is 12.1 Å². The van der Waals surface area contributed by atoms with E-state index in [-0.39, 0.29) is 17.2 Å². The monoisotopic (exact) mass is 544 g/mol. The SMILES string of the molecule is COc1ccc(-c2csc(NC(=O)CSc3nc4ccccc4c(=O)n3-c3ccc(C)cc3)n2)cc1OC. The fourth-order valence-electron chi connectivity index (χ4n) is 3.88. The molecule has 0 aliphatic heterocycles. The second kappa shape index (κ2) is 11.1. The molecule has 2 aromatic heterocycles. The normalized spacial score (nSPS) is 10.9. The number of methoxy groups -OCH3 is 2. The first-order valence-electron chi connectivity index (χ1n) is 11.7. The highest BCUT2D eigenvalue weighted by molar-refractivity contribution is 7.99. The molecule has 0 aliphatic carbocycles. The highest BCUT2D eigenvalue weighted by Crippen LogP contribution is 2.33. The number of nitrogens with one attached hydrogen (secondary N) is 1. The number of thiazole rings is 1. The highest BCUT2D eigenvalue weighted by atomic mass is 32.2. The van der Waals surface area contributed by atoms with E-state index in [4.69, 9.17) is 14.5 Å². The van der Waals surface area contributed by atoms with Gasteiger partial charge < -0.3 is 14.8 Å². The Bertz CT molecular complexity index is 1680. The first-order valence-corrected chi connectivity index (χ1v) is 13.5. The van der Waals surface area contributed by atoms with E-state index >= 15 is 0 Å². The van der Waals surface area contributed by atoms with E-state index in [2.05, 4.69) is 10.3 Å². The van der Waals surface area contributed by atoms with Gasteiger partial charge in [0.25, 0.3) is 5.56 Å². The van der Waals surface area contributed by atoms with E-state index in [0.29, 0.717) is 44.1 Å². The predicted molar refractivity (Wildman–Crippen MR) is 152 cm³/mol. The summed E-state index contributed by atoms with van der Waals surface area (Å²) < 4.78 is 12.2. The summed E-state index contributed by atoms with van der Waals surface area (Å²) in [5, 5.41) is 6.15. The lowest BCUT2D eigenvalue weighted by atomic mass is 10.1. The van der Waals surface area contributed by atoms with Gasteiger partial charge in [0.15, 0.2) is 21.8 Å². The molecule has 0 fully saturated rings. The molecule has 2 heterocycles. The summed E-state index contributed by atoms with van der Waals surface area (Å²) in [6.07, 6.45) is 0. The van der Waals surface area contributed by atoms with Crippen molar-refractivity contribution in [3.63, 3.8) is 0 Å². The maximum atomic E-state index is 13.4. The molecule has 0 saturated heterocycles. The molecular formula is C28H24N4O4S2. The van der Waals surface area contributed by atoms with Crippen molar-refractivity contribution in [3.05, 3.63) is 88.0 Å². The number of amides is 1. The minimum Gasteiger partial charge on any atom is -0.493 e. The van der Waals surface area contributed by atoms with Crippen molar-refractivity contribution in [1.82, 2.24) is 14.5 Å². The van der Waals surface area contributed by atoms with E-state index in [1.54, 1.807) is 30.9 Å². The highest BCUT2D eigenvalue weighted by Gasteiger charge is 2.16. The molecule has 0 atom stereocenters. The molecular weight excluding hydrogens is 520 g/mol. The molecule has 3 aromatic carbocycles. The maximum absolute atomic E-state index is 13.4. The second-order valence-corrected chi connectivity index (χ2v) is 10.1. The van der Waals surface area contributed by atoms with Gasteiger partial charge >= 0.3 is 0 Å². The summed E-state index contributed by atoms with van der Waals surface area (Å²) in [4.78, 5) is 35.5. The first-order chi connectivity index (χ1) is 18.5. The van der Waals surface area contributed by atoms with E-state index in [9.17, 15) is 9.59 Å². The number of fused-ring (bicyclic) bond motifs is 1. The predicted octanol–water partition coefficient (Wildman–Crippen LogP) is 5.57. The van der Waals surface area contributed by atoms with Crippen LogP contribution in [0, 0.1) is 6.92 Å². The smallest absolute Gasteiger partial charge is 0.266 e. The molecule has 1 amide bonds. The number of benzene rings is 3. The van der Waals surface area contributed by atoms with Gasteiger partial charge in [-0.2, -0.15) is 0 Å². The number of thioether (sulfide) groups is 1. The fourth-order valence-corrected chi connectivity index (χ4v) is 5.42. The molecule has 38 heavy (non-hydrogen) atoms. The molecule has 0 bridgehead atoms. The van der Waals surface area contributed by atoms with Gasteiger partial charge in [0.2, 0.25) is 5.91 Å². The van der Waals surface area contributed by atoms with Crippen LogP contribution in [0.2, 0.25) is 0 Å². The molecule has 0 spiro atoms. The third-order valence-electron chi connectivity index (χ3n) is 5.80. The number of hydrogen-bond acceptors (Lipinski definition) is 8. The maximum Gasteiger partial charge on any atom is 0.266 e. The number of rotatable bonds is 8. The Hall–Kier alpha value is -4.15. The quantitative estimate of drug-likeness (QED) is 0.202. The Morgan fingerprint density at radius 1 is 1.00 bits per heavy atom. The van der Waals surface area contributed by atoms with Crippen LogP contribution in [-0.2, 0) is 4.79 Å². The van der Waals surface area contributed by atoms with Crippen molar-refractivity contribution in [2.24, 2.45) is 0 Å². The van der Waals surface area contributed by atoms with Gasteiger partial charge in [0, 0.05) is 10.9 Å². The Balaban J connectivity index is 1.35. The summed E-state index contributed by atoms with van der Waals surface area (Å²) >= 11 is 2.53. The van der Waals surface area contributed by atoms with E-state index < -0.39 is 0 Å². The Morgan fingerprint density at radius 2 is 1.76 bits per heavy atom. The molecule has 192 valence electrons. The van der Waals surface area contributed by atoms with Gasteiger partial charge in [-0.25, -0.2) is 9.97 Å². The Morgan fingerprint density at radius 3 is 2.53 bits per heavy atom. The number of anilines is 1. The van der Waals surface area contributed by atoms with Crippen LogP contribution in [0.3, 0.4) is 0 Å². The minimum absolute atomic E-state index is 0.0575. The van der Waals surface area contributed by atoms with Crippen LogP contribution < -0.4 is 20.3 Å². The zero-order chi connectivity index (χ0) is 26.6. The van der Waals surface area contributed by atoms with Gasteiger partial charge in [-0.15, -0.1) is 11.3 Å². The van der Waals surface area contributed by atoms with Gasteiger partial charge in [0.05, 0.1) is 42.3 Å². The van der Waals surface area contributed by atoms with Crippen LogP contribution in [-0.4, -0.2) is 40.4 Å². The molecule has 5 rings (SSSR count). The fraction of sp³-hybridized carbons (Fsp3) is 0.143. The Labute approximate surface area is 227 Å². The van der Waals surface area contributed by atoms with Crippen LogP contribution in [0.15, 0.2) is 82.1 Å². The third-order valence-corrected chi connectivity index (χ3v) is 7.50. The number of para-hydroxylation sites is 1. The van der Waals surface area contributed by atoms with Crippen molar-refractivity contribution in [1.29, 1.82) is 0 Å². The van der Waals surface area contributed by atoms with Crippen molar-refractivity contribution >= 4 is 45.0 Å². The van der Waals surface area contributed by atoms with Crippen LogP contribution in [0.5, 0.6) is 11.5 Å². The molecule has 10 heteroatoms. The minimum atomic E-state index is -0.249. The van der Waals surface area contributed by atoms with Crippen molar-refractivity contribution in [2.75, 3.05) is 25.3 Å². The van der Waals surface area contributed by atoms with E-state index in [0.717, 1.165) is 11.1 Å². The summed E-state index contributed by atoms with van der Waals surface area (Å²) in [6.45, 7) is 1.99. The molecule has 5 aromatic rings. The summed E-state index contributed by atoms with van der Waals surface area (Å²) in [5.74, 6) is 1.04. The number of ether oxygens (including phenoxy) is 2. The van der Waals surface area contributed by atoms with E-state index in [1.807, 2.05) is 66.9 Å². The number of hydrogen-bond donors (Lipinski definition) is 1. The standard InChI is InChI=1S/C28H24N4O4S2/c1-17-8-11-19(12-9-17)32-26(34)20-6-4-5-7-21(20)30-28(32)38-16-25(33)31-27-29-22(15-37-27)18-10-13-23(35-2)24(14-18)36-3/h4-15H,16H2,1-3H3,(H,29,31,33). The second-order valence-electron chi connectivity index (χ2n) is 8.33. The molecule has 1 N–H and O–H groups in total. The summed E-state index contributed by atoms with van der Waals surface area (Å²) in [7, 11) is 3.16. The zero-order valence-corrected chi connectivity index (χ0v) is 22.6. The first kappa shape index (κ1) is 25.5. The van der Waals surface area contributed by atoms with Gasteiger partial charge in [-0.05, 0) is 49.4 Å². The summed E-state index contributed by atoms with van der Waals surface area (Å²) in [5.41, 5.74) is 3.74. The van der Waals surface area contributed by atoms with Gasteiger partial charge in [0.1, 0.15) is 0 Å². The van der Waals surface area contributed by atoms with Gasteiger partial charge in [-0.1, -0.05) is 41.6 Å². The lowest BCUT2D eigenvalue weighted by molar-refractivity contribution is -0.113. The zero-order valence-electron chi connectivity index (χ0n) is 20.9. The number of aromatic nitrogens is 3. The van der Waals surface area contributed by atoms with Crippen molar-refractivity contribution < 1.29 is 14.3 Å². The number of nitrogens with zero attached hydrogens (tertiary/aromatic N) is 3. The van der Waals surface area contributed by atoms with Crippen molar-refractivity contribution in [3.8, 4) is 28.4 Å². The van der Waals surface area contributed by atoms with Gasteiger partial charge in [-0.3, -0.25) is 14.2 Å². The van der Waals surface area contributed by atoms with Crippen LogP contribution in [0.1, 0.15) is 5.56 Å². The van der Waals surface area contributed by atoms with Crippen LogP contribution >= 0.6 is 23.1 Å². The Kier molecular flexibility index (Phi) is 7.43. The molecule has 8 nitrogen and oxygen atoms in total. The molecule has 0 radical (unpaired) electrons. The number of carbonyl (C=O) groups is 1. The van der Waals surface area contributed by atoms with Crippen LogP contribution in [0.4, 0.5) is 5.13 Å². The van der Waals surface area contributed by atoms with Crippen LogP contribution in [0.25, 0.3) is 27.8 Å². The molecule has 0 saturated carbocycles. The largest absolute Gasteiger partial charge is 0.493 e. The average Bonchev–Trinajstić information content (AvgIpc) is 3.40. The lowest BCUT2D eigenvalue weighted by Gasteiger charge is -2.13. The topological polar surface area (TPSA) is 95.3 Å². The molecule has 0 unspecified atom stereocenters. The number of aryl methyl sites for hydroxylation is 1. The average molecular weight is 545 g/mol. The number of carbonyl (C=O) groups excluding carboxylic acids is 1. The molecule has 0 aliphatic rings.